The first-order valence-electron chi connectivity index (χ1n) is 5.95. The first-order valence-corrected chi connectivity index (χ1v) is 5.95. The van der Waals surface area contributed by atoms with Crippen LogP contribution in [0.15, 0.2) is 0 Å². The quantitative estimate of drug-likeness (QED) is 0.629. The van der Waals surface area contributed by atoms with Gasteiger partial charge in [-0.05, 0) is 19.3 Å². The zero-order valence-corrected chi connectivity index (χ0v) is 9.54. The molecule has 0 radical (unpaired) electrons. The van der Waals surface area contributed by atoms with Gasteiger partial charge in [-0.3, -0.25) is 4.79 Å². The molecule has 0 N–H and O–H groups in total. The van der Waals surface area contributed by atoms with Gasteiger partial charge >= 0.3 is 0 Å². The number of rotatable bonds is 6. The van der Waals surface area contributed by atoms with Crippen LogP contribution in [-0.2, 0) is 4.79 Å². The highest BCUT2D eigenvalue weighted by molar-refractivity contribution is 5.80. The van der Waals surface area contributed by atoms with Crippen LogP contribution in [0.25, 0.3) is 0 Å². The van der Waals surface area contributed by atoms with E-state index in [0.29, 0.717) is 12.3 Å². The van der Waals surface area contributed by atoms with E-state index in [1.165, 1.54) is 0 Å². The summed E-state index contributed by atoms with van der Waals surface area (Å²) in [5, 5.41) is 8.42. The highest BCUT2D eigenvalue weighted by Crippen LogP contribution is 2.23. The van der Waals surface area contributed by atoms with Gasteiger partial charge in [-0.2, -0.15) is 5.26 Å². The Labute approximate surface area is 92.1 Å². The second-order valence-electron chi connectivity index (χ2n) is 4.21. The summed E-state index contributed by atoms with van der Waals surface area (Å²) in [6.07, 6.45) is 5.77. The highest BCUT2D eigenvalue weighted by Gasteiger charge is 2.30. The molecule has 3 heteroatoms. The van der Waals surface area contributed by atoms with Crippen LogP contribution in [0.5, 0.6) is 0 Å². The van der Waals surface area contributed by atoms with E-state index in [1.54, 1.807) is 0 Å². The molecule has 3 nitrogen and oxygen atoms in total. The van der Waals surface area contributed by atoms with Crippen LogP contribution in [0.1, 0.15) is 45.4 Å². The lowest BCUT2D eigenvalue weighted by molar-refractivity contribution is -0.131. The third-order valence-corrected chi connectivity index (χ3v) is 3.03. The molecule has 1 heterocycles. The van der Waals surface area contributed by atoms with Gasteiger partial charge in [0.1, 0.15) is 0 Å². The topological polar surface area (TPSA) is 44.1 Å². The summed E-state index contributed by atoms with van der Waals surface area (Å²) in [7, 11) is 0. The summed E-state index contributed by atoms with van der Waals surface area (Å²) >= 11 is 0. The lowest BCUT2D eigenvalue weighted by Crippen LogP contribution is -2.28. The van der Waals surface area contributed by atoms with Crippen molar-refractivity contribution in [3.63, 3.8) is 0 Å². The SMILES string of the molecule is CCCCC1CCN(CCCC#N)C1=O. The summed E-state index contributed by atoms with van der Waals surface area (Å²) in [5.41, 5.74) is 0. The first kappa shape index (κ1) is 12.0. The van der Waals surface area contributed by atoms with Crippen molar-refractivity contribution in [2.75, 3.05) is 13.1 Å². The summed E-state index contributed by atoms with van der Waals surface area (Å²) in [5.74, 6) is 0.591. The van der Waals surface area contributed by atoms with Crippen LogP contribution in [0.3, 0.4) is 0 Å². The smallest absolute Gasteiger partial charge is 0.225 e. The van der Waals surface area contributed by atoms with Crippen LogP contribution in [0.4, 0.5) is 0 Å². The minimum absolute atomic E-state index is 0.270. The molecule has 1 aliphatic rings. The predicted molar refractivity (Wildman–Crippen MR) is 59.1 cm³/mol. The van der Waals surface area contributed by atoms with Crippen LogP contribution in [0.2, 0.25) is 0 Å². The lowest BCUT2D eigenvalue weighted by atomic mass is 10.0. The molecule has 0 spiro atoms. The zero-order valence-electron chi connectivity index (χ0n) is 9.54. The fraction of sp³-hybridized carbons (Fsp3) is 0.833. The van der Waals surface area contributed by atoms with Crippen LogP contribution in [0, 0.1) is 17.2 Å². The maximum Gasteiger partial charge on any atom is 0.225 e. The molecule has 0 saturated carbocycles. The minimum atomic E-state index is 0.270. The molecule has 1 atom stereocenters. The van der Waals surface area contributed by atoms with Gasteiger partial charge in [0.25, 0.3) is 0 Å². The van der Waals surface area contributed by atoms with E-state index in [1.807, 2.05) is 4.90 Å². The average Bonchev–Trinajstić information content (AvgIpc) is 2.58. The number of nitriles is 1. The van der Waals surface area contributed by atoms with Crippen LogP contribution < -0.4 is 0 Å². The van der Waals surface area contributed by atoms with E-state index in [0.717, 1.165) is 45.2 Å². The van der Waals surface area contributed by atoms with Gasteiger partial charge in [0.2, 0.25) is 5.91 Å². The van der Waals surface area contributed by atoms with Crippen molar-refractivity contribution < 1.29 is 4.79 Å². The number of amides is 1. The third-order valence-electron chi connectivity index (χ3n) is 3.03. The zero-order chi connectivity index (χ0) is 11.1. The molecule has 1 amide bonds. The molecule has 0 aromatic heterocycles. The van der Waals surface area contributed by atoms with Crippen molar-refractivity contribution in [1.82, 2.24) is 4.90 Å². The normalized spacial score (nSPS) is 20.7. The molecule has 1 fully saturated rings. The van der Waals surface area contributed by atoms with Crippen molar-refractivity contribution in [3.8, 4) is 6.07 Å². The average molecular weight is 208 g/mol. The number of hydrogen-bond donors (Lipinski definition) is 0. The number of carbonyl (C=O) groups excluding carboxylic acids is 1. The molecule has 1 saturated heterocycles. The fourth-order valence-electron chi connectivity index (χ4n) is 2.09. The molecular formula is C12H20N2O. The predicted octanol–water partition coefficient (Wildman–Crippen LogP) is 2.33. The molecule has 0 aliphatic carbocycles. The molecule has 1 unspecified atom stereocenters. The Morgan fingerprint density at radius 2 is 2.33 bits per heavy atom. The van der Waals surface area contributed by atoms with E-state index < -0.39 is 0 Å². The number of nitrogens with zero attached hydrogens (tertiary/aromatic N) is 2. The van der Waals surface area contributed by atoms with E-state index in [-0.39, 0.29) is 5.92 Å². The Bertz CT molecular complexity index is 244. The number of carbonyl (C=O) groups is 1. The molecule has 15 heavy (non-hydrogen) atoms. The van der Waals surface area contributed by atoms with E-state index in [2.05, 4.69) is 13.0 Å². The summed E-state index contributed by atoms with van der Waals surface area (Å²) in [6.45, 7) is 3.83. The number of likely N-dealkylation sites (tertiary alicyclic amines) is 1. The van der Waals surface area contributed by atoms with Gasteiger partial charge in [-0.25, -0.2) is 0 Å². The Morgan fingerprint density at radius 1 is 1.53 bits per heavy atom. The molecule has 0 bridgehead atoms. The van der Waals surface area contributed by atoms with Crippen molar-refractivity contribution in [2.24, 2.45) is 5.92 Å². The second-order valence-corrected chi connectivity index (χ2v) is 4.21. The molecule has 0 aromatic carbocycles. The molecule has 1 rings (SSSR count). The van der Waals surface area contributed by atoms with Crippen molar-refractivity contribution in [3.05, 3.63) is 0 Å². The van der Waals surface area contributed by atoms with Crippen LogP contribution in [-0.4, -0.2) is 23.9 Å². The third kappa shape index (κ3) is 3.54. The Balaban J connectivity index is 2.26. The number of hydrogen-bond acceptors (Lipinski definition) is 2. The van der Waals surface area contributed by atoms with Gasteiger partial charge in [0.15, 0.2) is 0 Å². The van der Waals surface area contributed by atoms with Gasteiger partial charge in [0, 0.05) is 25.4 Å². The largest absolute Gasteiger partial charge is 0.342 e. The van der Waals surface area contributed by atoms with Crippen molar-refractivity contribution >= 4 is 5.91 Å². The maximum atomic E-state index is 11.8. The standard InChI is InChI=1S/C12H20N2O/c1-2-3-6-11-7-10-14(12(11)15)9-5-4-8-13/h11H,2-7,9-10H2,1H3. The first-order chi connectivity index (χ1) is 7.29. The summed E-state index contributed by atoms with van der Waals surface area (Å²) in [6, 6.07) is 2.11. The number of unbranched alkanes of at least 4 members (excludes halogenated alkanes) is 2. The van der Waals surface area contributed by atoms with Crippen molar-refractivity contribution in [1.29, 1.82) is 5.26 Å². The maximum absolute atomic E-state index is 11.8. The molecular weight excluding hydrogens is 188 g/mol. The van der Waals surface area contributed by atoms with Crippen molar-refractivity contribution in [2.45, 2.75) is 45.4 Å². The second kappa shape index (κ2) is 6.44. The summed E-state index contributed by atoms with van der Waals surface area (Å²) < 4.78 is 0. The monoisotopic (exact) mass is 208 g/mol. The Morgan fingerprint density at radius 3 is 3.00 bits per heavy atom. The van der Waals surface area contributed by atoms with E-state index >= 15 is 0 Å². The molecule has 1 aliphatic heterocycles. The van der Waals surface area contributed by atoms with Gasteiger partial charge < -0.3 is 4.90 Å². The molecule has 84 valence electrons. The Kier molecular flexibility index (Phi) is 5.17. The van der Waals surface area contributed by atoms with E-state index in [4.69, 9.17) is 5.26 Å². The molecule has 0 aromatic rings. The Hall–Kier alpha value is -1.04. The summed E-state index contributed by atoms with van der Waals surface area (Å²) in [4.78, 5) is 13.8. The van der Waals surface area contributed by atoms with Gasteiger partial charge in [-0.15, -0.1) is 0 Å². The lowest BCUT2D eigenvalue weighted by Gasteiger charge is -2.15. The highest BCUT2D eigenvalue weighted by atomic mass is 16.2. The fourth-order valence-corrected chi connectivity index (χ4v) is 2.09. The van der Waals surface area contributed by atoms with E-state index in [9.17, 15) is 4.79 Å². The van der Waals surface area contributed by atoms with Gasteiger partial charge in [-0.1, -0.05) is 19.8 Å². The van der Waals surface area contributed by atoms with Gasteiger partial charge in [0.05, 0.1) is 6.07 Å². The van der Waals surface area contributed by atoms with Crippen LogP contribution >= 0.6 is 0 Å². The minimum Gasteiger partial charge on any atom is -0.342 e.